The average Bonchev–Trinajstić information content (AvgIpc) is 3.19. The summed E-state index contributed by atoms with van der Waals surface area (Å²) in [6.45, 7) is 0. The molecule has 110 valence electrons. The second kappa shape index (κ2) is 6.40. The van der Waals surface area contributed by atoms with E-state index in [4.69, 9.17) is 0 Å². The molecule has 0 fully saturated rings. The number of hydrogen-bond donors (Lipinski definition) is 1. The van der Waals surface area contributed by atoms with Crippen molar-refractivity contribution >= 4 is 22.9 Å². The zero-order valence-electron chi connectivity index (χ0n) is 11.5. The van der Waals surface area contributed by atoms with Crippen LogP contribution in [0.2, 0.25) is 0 Å². The van der Waals surface area contributed by atoms with Crippen molar-refractivity contribution in [3.8, 4) is 0 Å². The normalized spacial score (nSPS) is 10.5. The Labute approximate surface area is 130 Å². The third-order valence-electron chi connectivity index (χ3n) is 3.04. The standard InChI is InChI=1S/C15H12N4O2S/c20-13(14(21)15-17-9-18-19-15)6-10-5-12(22-8-10)7-11-3-1-2-4-16-11/h1-5,8-9H,6-7H2,(H,17,18,19). The van der Waals surface area contributed by atoms with Gasteiger partial charge in [0, 0.05) is 29.6 Å². The minimum Gasteiger partial charge on any atom is -0.290 e. The van der Waals surface area contributed by atoms with E-state index in [1.807, 2.05) is 29.6 Å². The number of thiophene rings is 1. The molecule has 0 radical (unpaired) electrons. The Morgan fingerprint density at radius 3 is 2.86 bits per heavy atom. The Morgan fingerprint density at radius 2 is 2.14 bits per heavy atom. The van der Waals surface area contributed by atoms with Gasteiger partial charge in [-0.1, -0.05) is 6.07 Å². The second-order valence-corrected chi connectivity index (χ2v) is 5.68. The van der Waals surface area contributed by atoms with E-state index >= 15 is 0 Å². The largest absolute Gasteiger partial charge is 0.290 e. The number of aromatic nitrogens is 4. The van der Waals surface area contributed by atoms with Crippen LogP contribution in [0.15, 0.2) is 42.2 Å². The van der Waals surface area contributed by atoms with Crippen LogP contribution in [0, 0.1) is 0 Å². The van der Waals surface area contributed by atoms with Crippen molar-refractivity contribution in [2.24, 2.45) is 0 Å². The minimum absolute atomic E-state index is 0.0195. The van der Waals surface area contributed by atoms with Crippen molar-refractivity contribution in [3.63, 3.8) is 0 Å². The molecule has 3 aromatic heterocycles. The van der Waals surface area contributed by atoms with Gasteiger partial charge in [-0.05, 0) is 29.1 Å². The Balaban J connectivity index is 1.64. The quantitative estimate of drug-likeness (QED) is 0.554. The topological polar surface area (TPSA) is 88.6 Å². The van der Waals surface area contributed by atoms with Gasteiger partial charge in [0.15, 0.2) is 5.82 Å². The maximum Gasteiger partial charge on any atom is 0.265 e. The SMILES string of the molecule is O=C(Cc1csc(Cc2ccccn2)c1)C(=O)c1ncn[nH]1. The summed E-state index contributed by atoms with van der Waals surface area (Å²) in [6.07, 6.45) is 3.74. The molecule has 0 saturated heterocycles. The van der Waals surface area contributed by atoms with Crippen LogP contribution in [-0.2, 0) is 17.6 Å². The van der Waals surface area contributed by atoms with Crippen molar-refractivity contribution in [3.05, 3.63) is 64.1 Å². The molecule has 0 aliphatic carbocycles. The van der Waals surface area contributed by atoms with E-state index in [0.29, 0.717) is 0 Å². The zero-order valence-corrected chi connectivity index (χ0v) is 12.3. The molecule has 22 heavy (non-hydrogen) atoms. The average molecular weight is 312 g/mol. The second-order valence-electron chi connectivity index (χ2n) is 4.68. The molecule has 0 unspecified atom stereocenters. The molecule has 0 amide bonds. The lowest BCUT2D eigenvalue weighted by Crippen LogP contribution is -2.17. The maximum absolute atomic E-state index is 11.9. The first-order valence-corrected chi connectivity index (χ1v) is 7.49. The first kappa shape index (κ1) is 14.3. The number of ketones is 2. The van der Waals surface area contributed by atoms with Gasteiger partial charge in [-0.25, -0.2) is 4.98 Å². The van der Waals surface area contributed by atoms with Gasteiger partial charge < -0.3 is 0 Å². The molecule has 0 aliphatic rings. The highest BCUT2D eigenvalue weighted by Crippen LogP contribution is 2.18. The number of Topliss-reactive ketones (excluding diaryl/α,β-unsaturated/α-hetero) is 2. The van der Waals surface area contributed by atoms with Crippen LogP contribution < -0.4 is 0 Å². The number of nitrogens with zero attached hydrogens (tertiary/aromatic N) is 3. The third kappa shape index (κ3) is 3.32. The summed E-state index contributed by atoms with van der Waals surface area (Å²) in [5.41, 5.74) is 1.80. The lowest BCUT2D eigenvalue weighted by atomic mass is 10.1. The summed E-state index contributed by atoms with van der Waals surface area (Å²) in [5.74, 6) is -1.16. The van der Waals surface area contributed by atoms with Gasteiger partial charge >= 0.3 is 0 Å². The van der Waals surface area contributed by atoms with Crippen molar-refractivity contribution in [1.82, 2.24) is 20.2 Å². The van der Waals surface area contributed by atoms with Gasteiger partial charge in [-0.15, -0.1) is 11.3 Å². The molecule has 0 aliphatic heterocycles. The molecule has 6 nitrogen and oxygen atoms in total. The third-order valence-corrected chi connectivity index (χ3v) is 4.02. The van der Waals surface area contributed by atoms with Crippen molar-refractivity contribution in [2.75, 3.05) is 0 Å². The predicted molar refractivity (Wildman–Crippen MR) is 80.8 cm³/mol. The van der Waals surface area contributed by atoms with E-state index in [1.54, 1.807) is 17.5 Å². The molecule has 1 N–H and O–H groups in total. The number of carbonyl (C=O) groups excluding carboxylic acids is 2. The predicted octanol–water partition coefficient (Wildman–Crippen LogP) is 1.85. The number of rotatable bonds is 6. The molecular weight excluding hydrogens is 300 g/mol. The maximum atomic E-state index is 11.9. The molecule has 0 spiro atoms. The molecule has 0 atom stereocenters. The van der Waals surface area contributed by atoms with E-state index in [0.717, 1.165) is 22.6 Å². The van der Waals surface area contributed by atoms with Gasteiger partial charge in [0.2, 0.25) is 5.78 Å². The minimum atomic E-state index is -0.644. The molecule has 7 heteroatoms. The van der Waals surface area contributed by atoms with E-state index in [2.05, 4.69) is 20.2 Å². The van der Waals surface area contributed by atoms with E-state index in [1.165, 1.54) is 6.33 Å². The zero-order chi connectivity index (χ0) is 15.4. The van der Waals surface area contributed by atoms with E-state index in [9.17, 15) is 9.59 Å². The highest BCUT2D eigenvalue weighted by molar-refractivity contribution is 7.10. The first-order chi connectivity index (χ1) is 10.7. The summed E-state index contributed by atoms with van der Waals surface area (Å²) in [5, 5.41) is 7.87. The summed E-state index contributed by atoms with van der Waals surface area (Å²) in [4.78, 5) is 32.8. The Hall–Kier alpha value is -2.67. The number of pyridine rings is 1. The van der Waals surface area contributed by atoms with Crippen LogP contribution in [0.4, 0.5) is 0 Å². The van der Waals surface area contributed by atoms with E-state index in [-0.39, 0.29) is 12.2 Å². The van der Waals surface area contributed by atoms with Gasteiger partial charge in [-0.2, -0.15) is 5.10 Å². The number of hydrogen-bond acceptors (Lipinski definition) is 6. The highest BCUT2D eigenvalue weighted by atomic mass is 32.1. The molecule has 3 heterocycles. The summed E-state index contributed by atoms with van der Waals surface area (Å²) >= 11 is 1.56. The number of H-pyrrole nitrogens is 1. The van der Waals surface area contributed by atoms with Gasteiger partial charge in [0.05, 0.1) is 0 Å². The Kier molecular flexibility index (Phi) is 4.15. The lowest BCUT2D eigenvalue weighted by Gasteiger charge is -1.97. The summed E-state index contributed by atoms with van der Waals surface area (Å²) < 4.78 is 0. The fourth-order valence-corrected chi connectivity index (χ4v) is 2.91. The van der Waals surface area contributed by atoms with Crippen LogP contribution in [0.3, 0.4) is 0 Å². The van der Waals surface area contributed by atoms with Crippen LogP contribution in [0.25, 0.3) is 0 Å². The van der Waals surface area contributed by atoms with Crippen LogP contribution in [0.5, 0.6) is 0 Å². The molecule has 0 bridgehead atoms. The molecular formula is C15H12N4O2S. The molecule has 0 aromatic carbocycles. The monoisotopic (exact) mass is 312 g/mol. The number of aromatic amines is 1. The summed E-state index contributed by atoms with van der Waals surface area (Å²) in [6, 6.07) is 7.70. The highest BCUT2D eigenvalue weighted by Gasteiger charge is 2.19. The number of nitrogens with one attached hydrogen (secondary N) is 1. The van der Waals surface area contributed by atoms with Crippen LogP contribution >= 0.6 is 11.3 Å². The van der Waals surface area contributed by atoms with E-state index < -0.39 is 11.6 Å². The Morgan fingerprint density at radius 1 is 1.23 bits per heavy atom. The molecule has 3 rings (SSSR count). The number of carbonyl (C=O) groups is 2. The van der Waals surface area contributed by atoms with Gasteiger partial charge in [0.1, 0.15) is 6.33 Å². The van der Waals surface area contributed by atoms with Crippen molar-refractivity contribution in [2.45, 2.75) is 12.8 Å². The fourth-order valence-electron chi connectivity index (χ4n) is 2.01. The van der Waals surface area contributed by atoms with Crippen molar-refractivity contribution in [1.29, 1.82) is 0 Å². The fraction of sp³-hybridized carbons (Fsp3) is 0.133. The molecule has 3 aromatic rings. The van der Waals surface area contributed by atoms with Crippen LogP contribution in [-0.4, -0.2) is 31.7 Å². The summed E-state index contributed by atoms with van der Waals surface area (Å²) in [7, 11) is 0. The lowest BCUT2D eigenvalue weighted by molar-refractivity contribution is -0.114. The van der Waals surface area contributed by atoms with Gasteiger partial charge in [0.25, 0.3) is 5.78 Å². The Bertz CT molecular complexity index is 781. The van der Waals surface area contributed by atoms with Gasteiger partial charge in [-0.3, -0.25) is 19.7 Å². The molecule has 0 saturated carbocycles. The van der Waals surface area contributed by atoms with Crippen LogP contribution in [0.1, 0.15) is 26.8 Å². The smallest absolute Gasteiger partial charge is 0.265 e. The first-order valence-electron chi connectivity index (χ1n) is 6.61. The van der Waals surface area contributed by atoms with Crippen molar-refractivity contribution < 1.29 is 9.59 Å².